The molecule has 0 atom stereocenters. The SMILES string of the molecule is COc1ccc(C2(C(=O)O)CC(NC(=O)OC(C)(C)C)C2)cc1. The zero-order valence-corrected chi connectivity index (χ0v) is 13.9. The molecule has 0 aromatic heterocycles. The molecule has 2 N–H and O–H groups in total. The molecule has 1 saturated carbocycles. The summed E-state index contributed by atoms with van der Waals surface area (Å²) in [5.41, 5.74) is -0.826. The van der Waals surface area contributed by atoms with Crippen LogP contribution < -0.4 is 10.1 Å². The minimum absolute atomic E-state index is 0.206. The van der Waals surface area contributed by atoms with Crippen LogP contribution in [0.25, 0.3) is 0 Å². The number of nitrogens with one attached hydrogen (secondary N) is 1. The van der Waals surface area contributed by atoms with Gasteiger partial charge < -0.3 is 19.9 Å². The van der Waals surface area contributed by atoms with Crippen molar-refractivity contribution in [3.05, 3.63) is 29.8 Å². The van der Waals surface area contributed by atoms with Crippen molar-refractivity contribution in [3.8, 4) is 5.75 Å². The number of hydrogen-bond donors (Lipinski definition) is 2. The van der Waals surface area contributed by atoms with Crippen LogP contribution in [0.1, 0.15) is 39.2 Å². The first-order valence-corrected chi connectivity index (χ1v) is 7.54. The number of carboxylic acids is 1. The highest BCUT2D eigenvalue weighted by molar-refractivity contribution is 5.83. The molecule has 0 unspecified atom stereocenters. The molecule has 6 nitrogen and oxygen atoms in total. The van der Waals surface area contributed by atoms with Crippen LogP contribution in [0.3, 0.4) is 0 Å². The molecular formula is C17H23NO5. The fourth-order valence-corrected chi connectivity index (χ4v) is 2.80. The smallest absolute Gasteiger partial charge is 0.407 e. The molecule has 2 rings (SSSR count). The van der Waals surface area contributed by atoms with E-state index in [1.807, 2.05) is 0 Å². The third-order valence-corrected chi connectivity index (χ3v) is 3.96. The van der Waals surface area contributed by atoms with E-state index in [2.05, 4.69) is 5.32 Å². The molecule has 23 heavy (non-hydrogen) atoms. The number of methoxy groups -OCH3 is 1. The summed E-state index contributed by atoms with van der Waals surface area (Å²) in [5.74, 6) is -0.207. The zero-order chi connectivity index (χ0) is 17.3. The van der Waals surface area contributed by atoms with Crippen molar-refractivity contribution in [2.45, 2.75) is 50.7 Å². The second-order valence-corrected chi connectivity index (χ2v) is 6.87. The lowest BCUT2D eigenvalue weighted by Crippen LogP contribution is -2.57. The Balaban J connectivity index is 2.03. The third-order valence-electron chi connectivity index (χ3n) is 3.96. The molecule has 6 heteroatoms. The first kappa shape index (κ1) is 17.1. The van der Waals surface area contributed by atoms with Gasteiger partial charge >= 0.3 is 12.1 Å². The van der Waals surface area contributed by atoms with Crippen molar-refractivity contribution >= 4 is 12.1 Å². The van der Waals surface area contributed by atoms with Crippen molar-refractivity contribution < 1.29 is 24.2 Å². The molecule has 0 radical (unpaired) electrons. The summed E-state index contributed by atoms with van der Waals surface area (Å²) in [6.07, 6.45) is 0.165. The first-order chi connectivity index (χ1) is 10.7. The van der Waals surface area contributed by atoms with Crippen LogP contribution >= 0.6 is 0 Å². The summed E-state index contributed by atoms with van der Waals surface area (Å²) >= 11 is 0. The fraction of sp³-hybridized carbons (Fsp3) is 0.529. The number of ether oxygens (including phenoxy) is 2. The molecule has 1 aliphatic rings. The normalized spacial score (nSPS) is 23.6. The monoisotopic (exact) mass is 321 g/mol. The number of carboxylic acid groups (broad SMARTS) is 1. The number of hydrogen-bond acceptors (Lipinski definition) is 4. The maximum Gasteiger partial charge on any atom is 0.407 e. The number of amides is 1. The van der Waals surface area contributed by atoms with Crippen LogP contribution in [0.2, 0.25) is 0 Å². The van der Waals surface area contributed by atoms with Crippen molar-refractivity contribution in [2.24, 2.45) is 0 Å². The van der Waals surface area contributed by atoms with Gasteiger partial charge in [0.2, 0.25) is 0 Å². The lowest BCUT2D eigenvalue weighted by atomic mass is 9.61. The van der Waals surface area contributed by atoms with Gasteiger partial charge in [-0.1, -0.05) is 12.1 Å². The van der Waals surface area contributed by atoms with Gasteiger partial charge in [0.05, 0.1) is 12.5 Å². The van der Waals surface area contributed by atoms with E-state index in [1.54, 1.807) is 52.1 Å². The minimum atomic E-state index is -0.966. The van der Waals surface area contributed by atoms with E-state index in [4.69, 9.17) is 9.47 Å². The van der Waals surface area contributed by atoms with E-state index >= 15 is 0 Å². The summed E-state index contributed by atoms with van der Waals surface area (Å²) in [4.78, 5) is 23.5. The Labute approximate surface area is 135 Å². The maximum atomic E-state index is 11.8. The van der Waals surface area contributed by atoms with Crippen LogP contribution in [0.4, 0.5) is 4.79 Å². The molecule has 1 aromatic rings. The molecular weight excluding hydrogens is 298 g/mol. The molecule has 0 aliphatic heterocycles. The summed E-state index contributed by atoms with van der Waals surface area (Å²) in [5, 5.41) is 12.4. The second kappa shape index (κ2) is 6.10. The van der Waals surface area contributed by atoms with Gasteiger partial charge in [-0.2, -0.15) is 0 Å². The van der Waals surface area contributed by atoms with Crippen molar-refractivity contribution in [2.75, 3.05) is 7.11 Å². The summed E-state index contributed by atoms with van der Waals surface area (Å²) in [6.45, 7) is 5.35. The van der Waals surface area contributed by atoms with Crippen LogP contribution in [-0.2, 0) is 14.9 Å². The Morgan fingerprint density at radius 1 is 1.22 bits per heavy atom. The van der Waals surface area contributed by atoms with E-state index in [0.717, 1.165) is 0 Å². The molecule has 1 fully saturated rings. The molecule has 1 amide bonds. The van der Waals surface area contributed by atoms with Crippen LogP contribution in [0, 0.1) is 0 Å². The van der Waals surface area contributed by atoms with Crippen LogP contribution in [-0.4, -0.2) is 35.9 Å². The highest BCUT2D eigenvalue weighted by Gasteiger charge is 2.52. The summed E-state index contributed by atoms with van der Waals surface area (Å²) in [6, 6.07) is 6.80. The summed E-state index contributed by atoms with van der Waals surface area (Å²) < 4.78 is 10.3. The van der Waals surface area contributed by atoms with Gasteiger partial charge in [0.25, 0.3) is 0 Å². The Bertz CT molecular complexity index is 582. The molecule has 0 spiro atoms. The maximum absolute atomic E-state index is 11.8. The van der Waals surface area contributed by atoms with Gasteiger partial charge in [0.1, 0.15) is 11.4 Å². The third kappa shape index (κ3) is 3.75. The van der Waals surface area contributed by atoms with E-state index in [-0.39, 0.29) is 6.04 Å². The van der Waals surface area contributed by atoms with Crippen molar-refractivity contribution in [1.29, 1.82) is 0 Å². The number of aliphatic carboxylic acids is 1. The Hall–Kier alpha value is -2.24. The molecule has 0 bridgehead atoms. The van der Waals surface area contributed by atoms with E-state index < -0.39 is 23.1 Å². The van der Waals surface area contributed by atoms with Gasteiger partial charge in [-0.15, -0.1) is 0 Å². The average molecular weight is 321 g/mol. The quantitative estimate of drug-likeness (QED) is 0.890. The van der Waals surface area contributed by atoms with E-state index in [1.165, 1.54) is 0 Å². The number of benzene rings is 1. The number of carbonyl (C=O) groups excluding carboxylic acids is 1. The minimum Gasteiger partial charge on any atom is -0.497 e. The second-order valence-electron chi connectivity index (χ2n) is 6.87. The largest absolute Gasteiger partial charge is 0.497 e. The lowest BCUT2D eigenvalue weighted by molar-refractivity contribution is -0.148. The Morgan fingerprint density at radius 3 is 2.22 bits per heavy atom. The molecule has 0 saturated heterocycles. The molecule has 1 aliphatic carbocycles. The van der Waals surface area contributed by atoms with Gasteiger partial charge in [-0.3, -0.25) is 4.79 Å². The topological polar surface area (TPSA) is 84.9 Å². The average Bonchev–Trinajstić information content (AvgIpc) is 2.40. The van der Waals surface area contributed by atoms with E-state index in [0.29, 0.717) is 24.2 Å². The van der Waals surface area contributed by atoms with Crippen LogP contribution in [0.5, 0.6) is 5.75 Å². The zero-order valence-electron chi connectivity index (χ0n) is 13.9. The van der Waals surface area contributed by atoms with Crippen molar-refractivity contribution in [3.63, 3.8) is 0 Å². The Morgan fingerprint density at radius 2 is 1.78 bits per heavy atom. The molecule has 1 aromatic carbocycles. The summed E-state index contributed by atoms with van der Waals surface area (Å²) in [7, 11) is 1.56. The Kier molecular flexibility index (Phi) is 4.54. The predicted octanol–water partition coefficient (Wildman–Crippen LogP) is 2.70. The lowest BCUT2D eigenvalue weighted by Gasteiger charge is -2.45. The first-order valence-electron chi connectivity index (χ1n) is 7.54. The number of rotatable bonds is 4. The van der Waals surface area contributed by atoms with Gasteiger partial charge in [-0.25, -0.2) is 4.79 Å². The molecule has 0 heterocycles. The van der Waals surface area contributed by atoms with Gasteiger partial charge in [0.15, 0.2) is 0 Å². The molecule has 126 valence electrons. The highest BCUT2D eigenvalue weighted by Crippen LogP contribution is 2.44. The van der Waals surface area contributed by atoms with Gasteiger partial charge in [-0.05, 0) is 51.3 Å². The van der Waals surface area contributed by atoms with Crippen molar-refractivity contribution in [1.82, 2.24) is 5.32 Å². The predicted molar refractivity (Wildman–Crippen MR) is 84.7 cm³/mol. The highest BCUT2D eigenvalue weighted by atomic mass is 16.6. The fourth-order valence-electron chi connectivity index (χ4n) is 2.80. The van der Waals surface area contributed by atoms with E-state index in [9.17, 15) is 14.7 Å². The van der Waals surface area contributed by atoms with Crippen LogP contribution in [0.15, 0.2) is 24.3 Å². The van der Waals surface area contributed by atoms with Gasteiger partial charge in [0, 0.05) is 6.04 Å². The number of alkyl carbamates (subject to hydrolysis) is 1. The number of carbonyl (C=O) groups is 2. The standard InChI is InChI=1S/C17H23NO5/c1-16(2,3)23-15(21)18-12-9-17(10-12,14(19)20)11-5-7-13(22-4)8-6-11/h5-8,12H,9-10H2,1-4H3,(H,18,21)(H,19,20).